The molecule has 0 aromatic heterocycles. The van der Waals surface area contributed by atoms with Crippen LogP contribution in [0.1, 0.15) is 88.5 Å². The van der Waals surface area contributed by atoms with Crippen LogP contribution in [0, 0.1) is 5.92 Å². The Hall–Kier alpha value is -5.15. The molecule has 4 aromatic carbocycles. The number of hydrogen-bond donors (Lipinski definition) is 4. The minimum Gasteiger partial charge on any atom is -0.508 e. The first-order valence-electron chi connectivity index (χ1n) is 18.7. The number of fused-ring (bicyclic) bond motifs is 2. The van der Waals surface area contributed by atoms with Crippen molar-refractivity contribution in [2.45, 2.75) is 75.5 Å². The van der Waals surface area contributed by atoms with Gasteiger partial charge in [0.05, 0.1) is 6.10 Å². The summed E-state index contributed by atoms with van der Waals surface area (Å²) in [4.78, 5) is 38.4. The van der Waals surface area contributed by atoms with Crippen LogP contribution in [0.25, 0.3) is 0 Å². The van der Waals surface area contributed by atoms with Crippen molar-refractivity contribution in [3.05, 3.63) is 124 Å². The number of phenols is 1. The number of carbonyl (C=O) groups excluding carboxylic acids is 3. The van der Waals surface area contributed by atoms with Crippen LogP contribution in [0.5, 0.6) is 11.5 Å². The number of aryl methyl sites for hydroxylation is 1. The van der Waals surface area contributed by atoms with Crippen LogP contribution >= 0.6 is 0 Å². The van der Waals surface area contributed by atoms with Gasteiger partial charge in [-0.05, 0) is 127 Å². The highest BCUT2D eigenvalue weighted by Gasteiger charge is 2.39. The van der Waals surface area contributed by atoms with Gasteiger partial charge >= 0.3 is 0 Å². The third-order valence-electron chi connectivity index (χ3n) is 11.4. The van der Waals surface area contributed by atoms with Crippen LogP contribution in [0.4, 0.5) is 5.69 Å². The van der Waals surface area contributed by atoms with E-state index in [9.17, 15) is 19.5 Å². The summed E-state index contributed by atoms with van der Waals surface area (Å²) in [7, 11) is 0. The lowest BCUT2D eigenvalue weighted by Gasteiger charge is -2.36. The minimum atomic E-state index is -0.598. The lowest BCUT2D eigenvalue weighted by molar-refractivity contribution is -0.136. The zero-order valence-electron chi connectivity index (χ0n) is 29.4. The van der Waals surface area contributed by atoms with E-state index >= 15 is 0 Å². The molecule has 1 saturated carbocycles. The van der Waals surface area contributed by atoms with E-state index in [-0.39, 0.29) is 36.2 Å². The van der Waals surface area contributed by atoms with Crippen molar-refractivity contribution in [3.8, 4) is 11.5 Å². The van der Waals surface area contributed by atoms with Crippen molar-refractivity contribution in [2.24, 2.45) is 5.92 Å². The maximum absolute atomic E-state index is 12.9. The molecule has 3 atom stereocenters. The minimum absolute atomic E-state index is 0.152. The molecule has 0 bridgehead atoms. The van der Waals surface area contributed by atoms with E-state index in [0.717, 1.165) is 68.7 Å². The Labute approximate surface area is 304 Å². The topological polar surface area (TPSA) is 120 Å². The molecule has 2 aliphatic heterocycles. The maximum Gasteiger partial charge on any atom is 0.255 e. The highest BCUT2D eigenvalue weighted by molar-refractivity contribution is 6.05. The van der Waals surface area contributed by atoms with Gasteiger partial charge in [-0.25, -0.2) is 0 Å². The highest BCUT2D eigenvalue weighted by Crippen LogP contribution is 2.47. The molecule has 9 heteroatoms. The second kappa shape index (κ2) is 14.8. The van der Waals surface area contributed by atoms with Gasteiger partial charge in [0.15, 0.2) is 0 Å². The first kappa shape index (κ1) is 34.0. The fourth-order valence-corrected chi connectivity index (χ4v) is 8.64. The predicted octanol–water partition coefficient (Wildman–Crippen LogP) is 6.26. The van der Waals surface area contributed by atoms with Crippen molar-refractivity contribution in [1.82, 2.24) is 15.5 Å². The van der Waals surface area contributed by atoms with E-state index in [4.69, 9.17) is 4.74 Å². The highest BCUT2D eigenvalue weighted by atomic mass is 16.5. The number of nitrogens with zero attached hydrogens (tertiary/aromatic N) is 1. The zero-order valence-corrected chi connectivity index (χ0v) is 29.4. The summed E-state index contributed by atoms with van der Waals surface area (Å²) in [5.41, 5.74) is 7.66. The van der Waals surface area contributed by atoms with Crippen molar-refractivity contribution in [3.63, 3.8) is 0 Å². The maximum atomic E-state index is 12.9. The van der Waals surface area contributed by atoms with Gasteiger partial charge in [-0.2, -0.15) is 0 Å². The monoisotopic (exact) mass is 698 g/mol. The molecule has 2 heterocycles. The van der Waals surface area contributed by atoms with E-state index in [1.54, 1.807) is 4.90 Å². The quantitative estimate of drug-likeness (QED) is 0.102. The number of amides is 3. The molecular formula is C43H46N4O5. The van der Waals surface area contributed by atoms with Gasteiger partial charge in [-0.3, -0.25) is 19.7 Å². The molecule has 8 rings (SSSR count). The molecule has 268 valence electrons. The Morgan fingerprint density at radius 1 is 0.808 bits per heavy atom. The van der Waals surface area contributed by atoms with Gasteiger partial charge in [0.1, 0.15) is 17.5 Å². The Bertz CT molecular complexity index is 1940. The van der Waals surface area contributed by atoms with Crippen LogP contribution in [0.15, 0.2) is 91.0 Å². The van der Waals surface area contributed by atoms with E-state index in [1.165, 1.54) is 22.3 Å². The predicted molar refractivity (Wildman–Crippen MR) is 199 cm³/mol. The summed E-state index contributed by atoms with van der Waals surface area (Å²) < 4.78 is 6.38. The van der Waals surface area contributed by atoms with Crippen molar-refractivity contribution >= 4 is 23.4 Å². The lowest BCUT2D eigenvalue weighted by atomic mass is 9.69. The number of phenolic OH excluding ortho intramolecular Hbond substituents is 1. The van der Waals surface area contributed by atoms with E-state index in [0.29, 0.717) is 36.1 Å². The number of ether oxygens (including phenoxy) is 1. The zero-order chi connectivity index (χ0) is 35.6. The molecule has 2 aliphatic carbocycles. The number of anilines is 1. The first-order valence-corrected chi connectivity index (χ1v) is 18.7. The molecular weight excluding hydrogens is 652 g/mol. The number of hydrogen-bond acceptors (Lipinski definition) is 7. The average molecular weight is 699 g/mol. The van der Waals surface area contributed by atoms with Crippen molar-refractivity contribution in [1.29, 1.82) is 0 Å². The van der Waals surface area contributed by atoms with Crippen molar-refractivity contribution in [2.75, 3.05) is 25.0 Å². The third-order valence-corrected chi connectivity index (χ3v) is 11.4. The first-order chi connectivity index (χ1) is 25.4. The van der Waals surface area contributed by atoms with Gasteiger partial charge in [-0.1, -0.05) is 48.5 Å². The Kier molecular flexibility index (Phi) is 9.69. The molecule has 0 spiro atoms. The summed E-state index contributed by atoms with van der Waals surface area (Å²) in [6.07, 6.45) is 6.14. The fraction of sp³-hybridized carbons (Fsp3) is 0.372. The van der Waals surface area contributed by atoms with Gasteiger partial charge < -0.3 is 25.4 Å². The van der Waals surface area contributed by atoms with Crippen LogP contribution < -0.4 is 20.7 Å². The van der Waals surface area contributed by atoms with Crippen LogP contribution in [0.2, 0.25) is 0 Å². The van der Waals surface area contributed by atoms with Crippen LogP contribution in [-0.4, -0.2) is 59.5 Å². The number of carbonyl (C=O) groups is 3. The number of aromatic hydroxyl groups is 1. The van der Waals surface area contributed by atoms with Crippen molar-refractivity contribution < 1.29 is 24.2 Å². The lowest BCUT2D eigenvalue weighted by Crippen LogP contribution is -2.52. The van der Waals surface area contributed by atoms with Gasteiger partial charge in [0, 0.05) is 43.2 Å². The SMILES string of the molecule is O=C1CCC(N2Cc3cc(NCCNCCC4CC(Oc5ccc(C6c7ccc(O)cc7CC[C@@H]6c6ccccc6)cc5)C4)ccc3C2=O)C(=O)N1. The number of benzene rings is 4. The molecule has 4 aromatic rings. The summed E-state index contributed by atoms with van der Waals surface area (Å²) in [6.45, 7) is 2.92. The van der Waals surface area contributed by atoms with E-state index in [2.05, 4.69) is 76.6 Å². The number of rotatable bonds is 12. The molecule has 2 fully saturated rings. The number of nitrogens with one attached hydrogen (secondary N) is 3. The summed E-state index contributed by atoms with van der Waals surface area (Å²) in [5.74, 6) is 1.71. The van der Waals surface area contributed by atoms with Gasteiger partial charge in [-0.15, -0.1) is 0 Å². The molecule has 4 aliphatic rings. The molecule has 2 unspecified atom stereocenters. The Balaban J connectivity index is 0.762. The number of imide groups is 1. The molecule has 3 amide bonds. The average Bonchev–Trinajstić information content (AvgIpc) is 3.46. The van der Waals surface area contributed by atoms with Gasteiger partial charge in [0.25, 0.3) is 5.91 Å². The Morgan fingerprint density at radius 3 is 2.44 bits per heavy atom. The largest absolute Gasteiger partial charge is 0.508 e. The normalized spacial score (nSPS) is 23.7. The molecule has 4 N–H and O–H groups in total. The third kappa shape index (κ3) is 7.15. The summed E-state index contributed by atoms with van der Waals surface area (Å²) >= 11 is 0. The van der Waals surface area contributed by atoms with Crippen LogP contribution in [0.3, 0.4) is 0 Å². The fourth-order valence-electron chi connectivity index (χ4n) is 8.64. The molecule has 9 nitrogen and oxygen atoms in total. The molecule has 1 saturated heterocycles. The molecule has 0 radical (unpaired) electrons. The molecule has 52 heavy (non-hydrogen) atoms. The second-order valence-corrected chi connectivity index (χ2v) is 14.8. The smallest absolute Gasteiger partial charge is 0.255 e. The van der Waals surface area contributed by atoms with E-state index < -0.39 is 6.04 Å². The standard InChI is InChI=1S/C43H46N4O5/c48-33-10-15-37-30(25-33)8-13-36(28-4-2-1-3-5-28)41(37)29-6-11-34(12-7-29)52-35-22-27(23-35)18-19-44-20-21-45-32-9-14-38-31(24-32)26-47(43(38)51)39-16-17-40(49)46-42(39)50/h1-7,9-12,14-15,24-25,27,35-36,39,41,44-45,48H,8,13,16-23,26H2,(H,46,49,50)/t27?,35?,36-,39?,41?/m1/s1. The summed E-state index contributed by atoms with van der Waals surface area (Å²) in [5, 5.41) is 19.5. The van der Waals surface area contributed by atoms with Gasteiger partial charge in [0.2, 0.25) is 11.8 Å². The summed E-state index contributed by atoms with van der Waals surface area (Å²) in [6, 6.07) is 30.5. The van der Waals surface area contributed by atoms with Crippen LogP contribution in [-0.2, 0) is 22.6 Å². The number of piperidine rings is 1. The second-order valence-electron chi connectivity index (χ2n) is 14.8. The Morgan fingerprint density at radius 2 is 1.63 bits per heavy atom. The van der Waals surface area contributed by atoms with E-state index in [1.807, 2.05) is 30.3 Å².